The first kappa shape index (κ1) is 17.0. The first-order valence-electron chi connectivity index (χ1n) is 9.82. The zero-order chi connectivity index (χ0) is 18.6. The zero-order valence-corrected chi connectivity index (χ0v) is 16.6. The summed E-state index contributed by atoms with van der Waals surface area (Å²) >= 11 is 1.63. The number of aromatic amines is 1. The molecular formula is C21H24N4OS. The topological polar surface area (TPSA) is 63.0 Å². The van der Waals surface area contributed by atoms with Gasteiger partial charge in [0.1, 0.15) is 0 Å². The second kappa shape index (κ2) is 6.23. The molecule has 0 unspecified atom stereocenters. The molecular weight excluding hydrogens is 356 g/mol. The van der Waals surface area contributed by atoms with Gasteiger partial charge < -0.3 is 0 Å². The largest absolute Gasteiger partial charge is 0.268 e. The predicted molar refractivity (Wildman–Crippen MR) is 108 cm³/mol. The van der Waals surface area contributed by atoms with Gasteiger partial charge in [0, 0.05) is 16.7 Å². The molecule has 1 N–H and O–H groups in total. The van der Waals surface area contributed by atoms with E-state index in [1.807, 2.05) is 6.07 Å². The third kappa shape index (κ3) is 2.57. The van der Waals surface area contributed by atoms with Crippen LogP contribution in [0.1, 0.15) is 50.7 Å². The quantitative estimate of drug-likeness (QED) is 0.692. The number of rotatable bonds is 3. The Morgan fingerprint density at radius 2 is 2.04 bits per heavy atom. The number of nitrogens with one attached hydrogen (secondary N) is 1. The Hall–Kier alpha value is -2.08. The first-order chi connectivity index (χ1) is 13.1. The number of thioether (sulfide) groups is 1. The normalized spacial score (nSPS) is 17.6. The molecule has 0 bridgehead atoms. The third-order valence-corrected chi connectivity index (χ3v) is 7.33. The molecule has 140 valence electrons. The van der Waals surface area contributed by atoms with Crippen molar-refractivity contribution in [3.63, 3.8) is 0 Å². The van der Waals surface area contributed by atoms with E-state index in [-0.39, 0.29) is 11.0 Å². The molecule has 2 aromatic heterocycles. The van der Waals surface area contributed by atoms with Gasteiger partial charge >= 0.3 is 0 Å². The third-order valence-electron chi connectivity index (χ3n) is 5.96. The molecule has 1 saturated carbocycles. The van der Waals surface area contributed by atoms with Gasteiger partial charge in [-0.05, 0) is 30.7 Å². The lowest BCUT2D eigenvalue weighted by Crippen LogP contribution is -2.38. The summed E-state index contributed by atoms with van der Waals surface area (Å²) in [6.07, 6.45) is 5.47. The van der Waals surface area contributed by atoms with Gasteiger partial charge in [0.05, 0.1) is 11.3 Å². The molecule has 2 aliphatic carbocycles. The molecule has 1 aromatic carbocycles. The van der Waals surface area contributed by atoms with Crippen LogP contribution in [0.15, 0.2) is 34.2 Å². The van der Waals surface area contributed by atoms with Crippen LogP contribution < -0.4 is 5.56 Å². The van der Waals surface area contributed by atoms with Gasteiger partial charge in [-0.2, -0.15) is 0 Å². The molecule has 0 amide bonds. The van der Waals surface area contributed by atoms with Gasteiger partial charge in [0.2, 0.25) is 5.78 Å². The maximum Gasteiger partial charge on any atom is 0.265 e. The SMILES string of the molecule is CC(C)CSc1n[nH]c2nc3c(c(=O)n12)C1(CCCC1)Cc1ccccc1-3. The molecule has 0 atom stereocenters. The first-order valence-corrected chi connectivity index (χ1v) is 10.8. The van der Waals surface area contributed by atoms with Crippen LogP contribution in [0.4, 0.5) is 0 Å². The number of nitrogens with zero attached hydrogens (tertiary/aromatic N) is 3. The summed E-state index contributed by atoms with van der Waals surface area (Å²) in [7, 11) is 0. The van der Waals surface area contributed by atoms with E-state index in [1.165, 1.54) is 18.4 Å². The molecule has 0 radical (unpaired) electrons. The lowest BCUT2D eigenvalue weighted by atomic mass is 9.68. The summed E-state index contributed by atoms with van der Waals surface area (Å²) in [6, 6.07) is 8.42. The molecule has 6 heteroatoms. The lowest BCUT2D eigenvalue weighted by Gasteiger charge is -2.35. The molecule has 1 fully saturated rings. The fourth-order valence-corrected chi connectivity index (χ4v) is 5.66. The summed E-state index contributed by atoms with van der Waals surface area (Å²) < 4.78 is 1.71. The van der Waals surface area contributed by atoms with Gasteiger partial charge in [-0.3, -0.25) is 4.79 Å². The minimum Gasteiger partial charge on any atom is -0.268 e. The van der Waals surface area contributed by atoms with Crippen LogP contribution in [-0.4, -0.2) is 25.3 Å². The van der Waals surface area contributed by atoms with Crippen molar-refractivity contribution in [1.82, 2.24) is 19.6 Å². The fraction of sp³-hybridized carbons (Fsp3) is 0.476. The van der Waals surface area contributed by atoms with Crippen LogP contribution in [0.25, 0.3) is 17.0 Å². The van der Waals surface area contributed by atoms with Crippen molar-refractivity contribution < 1.29 is 0 Å². The highest BCUT2D eigenvalue weighted by atomic mass is 32.2. The van der Waals surface area contributed by atoms with Gasteiger partial charge in [-0.1, -0.05) is 62.7 Å². The van der Waals surface area contributed by atoms with Crippen LogP contribution in [0, 0.1) is 5.92 Å². The van der Waals surface area contributed by atoms with E-state index < -0.39 is 0 Å². The van der Waals surface area contributed by atoms with Gasteiger partial charge in [0.25, 0.3) is 5.56 Å². The Balaban J connectivity index is 1.78. The van der Waals surface area contributed by atoms with Crippen LogP contribution in [-0.2, 0) is 11.8 Å². The van der Waals surface area contributed by atoms with E-state index in [4.69, 9.17) is 4.98 Å². The van der Waals surface area contributed by atoms with E-state index in [9.17, 15) is 4.79 Å². The predicted octanol–water partition coefficient (Wildman–Crippen LogP) is 4.20. The van der Waals surface area contributed by atoms with E-state index in [2.05, 4.69) is 42.2 Å². The van der Waals surface area contributed by atoms with Crippen molar-refractivity contribution in [2.75, 3.05) is 5.75 Å². The molecule has 27 heavy (non-hydrogen) atoms. The molecule has 0 saturated heterocycles. The Morgan fingerprint density at radius 1 is 1.26 bits per heavy atom. The summed E-state index contributed by atoms with van der Waals surface area (Å²) in [4.78, 5) is 18.6. The highest BCUT2D eigenvalue weighted by molar-refractivity contribution is 7.99. The van der Waals surface area contributed by atoms with E-state index in [1.54, 1.807) is 16.2 Å². The number of fused-ring (bicyclic) bond motifs is 5. The Kier molecular flexibility index (Phi) is 3.93. The molecule has 1 spiro atoms. The van der Waals surface area contributed by atoms with Crippen LogP contribution in [0.3, 0.4) is 0 Å². The smallest absolute Gasteiger partial charge is 0.265 e. The van der Waals surface area contributed by atoms with Crippen molar-refractivity contribution in [3.8, 4) is 11.3 Å². The van der Waals surface area contributed by atoms with E-state index >= 15 is 0 Å². The van der Waals surface area contributed by atoms with Gasteiger partial charge in [0.15, 0.2) is 5.16 Å². The van der Waals surface area contributed by atoms with Crippen LogP contribution >= 0.6 is 11.8 Å². The molecule has 5 rings (SSSR count). The Bertz CT molecular complexity index is 1080. The number of aromatic nitrogens is 4. The van der Waals surface area contributed by atoms with Gasteiger partial charge in [-0.25, -0.2) is 14.5 Å². The van der Waals surface area contributed by atoms with E-state index in [0.717, 1.165) is 47.0 Å². The molecule has 3 aromatic rings. The number of H-pyrrole nitrogens is 1. The van der Waals surface area contributed by atoms with Crippen molar-refractivity contribution in [3.05, 3.63) is 45.7 Å². The molecule has 2 heterocycles. The Morgan fingerprint density at radius 3 is 2.81 bits per heavy atom. The standard InChI is InChI=1S/C21H24N4OS/c1-13(2)12-27-20-24-23-19-22-17-15-8-4-3-7-14(15)11-21(9-5-6-10-21)16(17)18(26)25(19)20/h3-4,7-8,13H,5-6,9-12H2,1-2H3,(H,22,23). The van der Waals surface area contributed by atoms with Crippen LogP contribution in [0.5, 0.6) is 0 Å². The molecule has 0 aliphatic heterocycles. The summed E-state index contributed by atoms with van der Waals surface area (Å²) in [5.41, 5.74) is 4.22. The summed E-state index contributed by atoms with van der Waals surface area (Å²) in [5.74, 6) is 2.02. The van der Waals surface area contributed by atoms with Crippen molar-refractivity contribution >= 4 is 17.5 Å². The van der Waals surface area contributed by atoms with E-state index in [0.29, 0.717) is 11.7 Å². The number of benzene rings is 1. The Labute approximate surface area is 162 Å². The monoisotopic (exact) mass is 380 g/mol. The second-order valence-corrected chi connectivity index (χ2v) is 9.32. The maximum atomic E-state index is 13.7. The minimum atomic E-state index is -0.0633. The highest BCUT2D eigenvalue weighted by Crippen LogP contribution is 2.49. The number of hydrogen-bond donors (Lipinski definition) is 1. The maximum absolute atomic E-state index is 13.7. The fourth-order valence-electron chi connectivity index (χ4n) is 4.77. The van der Waals surface area contributed by atoms with Crippen molar-refractivity contribution in [2.45, 2.75) is 56.5 Å². The van der Waals surface area contributed by atoms with Crippen molar-refractivity contribution in [2.24, 2.45) is 5.92 Å². The lowest BCUT2D eigenvalue weighted by molar-refractivity contribution is 0.425. The average Bonchev–Trinajstić information content (AvgIpc) is 3.27. The van der Waals surface area contributed by atoms with Crippen LogP contribution in [0.2, 0.25) is 0 Å². The van der Waals surface area contributed by atoms with Crippen molar-refractivity contribution in [1.29, 1.82) is 0 Å². The summed E-state index contributed by atoms with van der Waals surface area (Å²) in [6.45, 7) is 4.35. The zero-order valence-electron chi connectivity index (χ0n) is 15.8. The van der Waals surface area contributed by atoms with Gasteiger partial charge in [-0.15, -0.1) is 5.10 Å². The highest BCUT2D eigenvalue weighted by Gasteiger charge is 2.44. The summed E-state index contributed by atoms with van der Waals surface area (Å²) in [5, 5.41) is 8.13. The molecule has 2 aliphatic rings. The number of hydrogen-bond acceptors (Lipinski definition) is 4. The minimum absolute atomic E-state index is 0.0633. The average molecular weight is 381 g/mol. The molecule has 5 nitrogen and oxygen atoms in total. The second-order valence-electron chi connectivity index (χ2n) is 8.33.